The van der Waals surface area contributed by atoms with Gasteiger partial charge in [-0.25, -0.2) is 9.59 Å². The van der Waals surface area contributed by atoms with Gasteiger partial charge in [-0.3, -0.25) is 0 Å². The van der Waals surface area contributed by atoms with Gasteiger partial charge in [0, 0.05) is 12.0 Å². The molecule has 11 nitrogen and oxygen atoms in total. The zero-order chi connectivity index (χ0) is 25.8. The number of aliphatic hydroxyl groups is 4. The standard InChI is InChI=1S/C25H28O11/c26-10-17-20(28)21(29)22(30)25(35-17)36-24-19-14(7-8-15(19)16(12-34-24)23(31)32)11-33-18(27)9-6-13-4-2-1-3-5-13/h1-7,9,12,15,17,19-22,24-26,28-30H,8,10-11H2,(H,31,32)/t15-,17-,19-,20-,21+,22-,24+,25+/m1/s1. The molecule has 2 heterocycles. The van der Waals surface area contributed by atoms with Crippen LogP contribution in [0, 0.1) is 11.8 Å². The molecule has 8 atom stereocenters. The third-order valence-corrected chi connectivity index (χ3v) is 6.47. The first-order valence-electron chi connectivity index (χ1n) is 11.4. The quantitative estimate of drug-likeness (QED) is 0.182. The Labute approximate surface area is 206 Å². The number of esters is 1. The second-order valence-corrected chi connectivity index (χ2v) is 8.71. The van der Waals surface area contributed by atoms with Crippen LogP contribution < -0.4 is 0 Å². The van der Waals surface area contributed by atoms with Crippen molar-refractivity contribution in [3.8, 4) is 0 Å². The van der Waals surface area contributed by atoms with Crippen LogP contribution in [0.5, 0.6) is 0 Å². The summed E-state index contributed by atoms with van der Waals surface area (Å²) in [6.07, 6.45) is -2.68. The fourth-order valence-electron chi connectivity index (χ4n) is 4.54. The first-order valence-corrected chi connectivity index (χ1v) is 11.4. The normalized spacial score (nSPS) is 33.9. The number of fused-ring (bicyclic) bond motifs is 1. The maximum atomic E-state index is 12.3. The number of carboxylic acid groups (broad SMARTS) is 1. The molecule has 0 spiro atoms. The first-order chi connectivity index (χ1) is 17.3. The molecule has 1 aromatic carbocycles. The fourth-order valence-corrected chi connectivity index (χ4v) is 4.54. The SMILES string of the molecule is O=C(C=Cc1ccccc1)OCC1=CC[C@@H]2C(C(=O)O)=CO[C@@H](O[C@@H]3O[C@H](CO)[C@@H](O)[C@H](O)[C@H]3O)[C@H]12. The summed E-state index contributed by atoms with van der Waals surface area (Å²) >= 11 is 0. The maximum absolute atomic E-state index is 12.3. The van der Waals surface area contributed by atoms with E-state index < -0.39 is 67.4 Å². The highest BCUT2D eigenvalue weighted by atomic mass is 16.8. The van der Waals surface area contributed by atoms with Gasteiger partial charge < -0.3 is 44.5 Å². The molecule has 1 saturated heterocycles. The van der Waals surface area contributed by atoms with Crippen molar-refractivity contribution in [1.82, 2.24) is 0 Å². The molecule has 1 aromatic rings. The van der Waals surface area contributed by atoms with Gasteiger partial charge in [-0.05, 0) is 23.6 Å². The predicted molar refractivity (Wildman–Crippen MR) is 122 cm³/mol. The summed E-state index contributed by atoms with van der Waals surface area (Å²) in [5, 5.41) is 49.4. The number of hydrogen-bond donors (Lipinski definition) is 5. The Morgan fingerprint density at radius 2 is 1.81 bits per heavy atom. The number of rotatable bonds is 8. The molecule has 0 amide bonds. The van der Waals surface area contributed by atoms with Crippen LogP contribution in [0.2, 0.25) is 0 Å². The summed E-state index contributed by atoms with van der Waals surface area (Å²) in [5.74, 6) is -3.02. The molecule has 2 aliphatic heterocycles. The monoisotopic (exact) mass is 504 g/mol. The third-order valence-electron chi connectivity index (χ3n) is 6.47. The Morgan fingerprint density at radius 3 is 2.50 bits per heavy atom. The van der Waals surface area contributed by atoms with Crippen molar-refractivity contribution in [3.63, 3.8) is 0 Å². The van der Waals surface area contributed by atoms with Crippen molar-refractivity contribution in [2.45, 2.75) is 43.4 Å². The smallest absolute Gasteiger partial charge is 0.335 e. The Hall–Kier alpha value is -3.06. The Bertz CT molecular complexity index is 1030. The Kier molecular flexibility index (Phi) is 8.19. The molecule has 194 valence electrons. The van der Waals surface area contributed by atoms with E-state index in [1.54, 1.807) is 12.2 Å². The van der Waals surface area contributed by atoms with Crippen LogP contribution in [-0.2, 0) is 28.5 Å². The number of hydrogen-bond acceptors (Lipinski definition) is 10. The van der Waals surface area contributed by atoms with Gasteiger partial charge in [-0.2, -0.15) is 0 Å². The summed E-state index contributed by atoms with van der Waals surface area (Å²) in [4.78, 5) is 24.0. The average molecular weight is 504 g/mol. The molecule has 0 radical (unpaired) electrons. The second kappa shape index (κ2) is 11.3. The zero-order valence-electron chi connectivity index (χ0n) is 19.1. The first kappa shape index (κ1) is 26.0. The molecule has 11 heteroatoms. The summed E-state index contributed by atoms with van der Waals surface area (Å²) in [5.41, 5.74) is 1.39. The second-order valence-electron chi connectivity index (χ2n) is 8.71. The summed E-state index contributed by atoms with van der Waals surface area (Å²) in [6.45, 7) is -0.785. The molecule has 0 saturated carbocycles. The molecule has 0 unspecified atom stereocenters. The molecule has 0 bridgehead atoms. The molecule has 1 fully saturated rings. The van der Waals surface area contributed by atoms with E-state index in [0.717, 1.165) is 11.8 Å². The molecule has 3 aliphatic rings. The van der Waals surface area contributed by atoms with Crippen LogP contribution in [0.1, 0.15) is 12.0 Å². The van der Waals surface area contributed by atoms with Crippen LogP contribution in [0.25, 0.3) is 6.08 Å². The summed E-state index contributed by atoms with van der Waals surface area (Å²) < 4.78 is 22.1. The van der Waals surface area contributed by atoms with Crippen molar-refractivity contribution in [2.75, 3.05) is 13.2 Å². The molecule has 0 aromatic heterocycles. The van der Waals surface area contributed by atoms with Crippen molar-refractivity contribution in [3.05, 3.63) is 65.5 Å². The highest BCUT2D eigenvalue weighted by molar-refractivity contribution is 5.88. The van der Waals surface area contributed by atoms with Crippen LogP contribution >= 0.6 is 0 Å². The molecular weight excluding hydrogens is 476 g/mol. The lowest BCUT2D eigenvalue weighted by atomic mass is 9.83. The van der Waals surface area contributed by atoms with Crippen LogP contribution in [-0.4, -0.2) is 87.7 Å². The van der Waals surface area contributed by atoms with Crippen molar-refractivity contribution < 1.29 is 54.1 Å². The van der Waals surface area contributed by atoms with E-state index in [4.69, 9.17) is 18.9 Å². The van der Waals surface area contributed by atoms with Gasteiger partial charge in [0.1, 0.15) is 31.0 Å². The highest BCUT2D eigenvalue weighted by Gasteiger charge is 2.49. The zero-order valence-corrected chi connectivity index (χ0v) is 19.1. The minimum atomic E-state index is -1.66. The number of aliphatic carboxylic acids is 1. The van der Waals surface area contributed by atoms with Gasteiger partial charge in [0.05, 0.1) is 24.4 Å². The largest absolute Gasteiger partial charge is 0.478 e. The fraction of sp³-hybridized carbons (Fsp3) is 0.440. The van der Waals surface area contributed by atoms with Gasteiger partial charge >= 0.3 is 11.9 Å². The van der Waals surface area contributed by atoms with Gasteiger partial charge in [0.15, 0.2) is 6.29 Å². The van der Waals surface area contributed by atoms with E-state index >= 15 is 0 Å². The van der Waals surface area contributed by atoms with Crippen molar-refractivity contribution in [1.29, 1.82) is 0 Å². The molecule has 1 aliphatic carbocycles. The number of carboxylic acids is 1. The van der Waals surface area contributed by atoms with Crippen molar-refractivity contribution in [2.24, 2.45) is 11.8 Å². The molecular formula is C25H28O11. The van der Waals surface area contributed by atoms with E-state index in [9.17, 15) is 35.1 Å². The number of aliphatic hydroxyl groups excluding tert-OH is 4. The third kappa shape index (κ3) is 5.51. The lowest BCUT2D eigenvalue weighted by molar-refractivity contribution is -0.339. The Balaban J connectivity index is 1.46. The van der Waals surface area contributed by atoms with Crippen LogP contribution in [0.15, 0.2) is 59.9 Å². The maximum Gasteiger partial charge on any atom is 0.335 e. The Morgan fingerprint density at radius 1 is 1.06 bits per heavy atom. The number of carbonyl (C=O) groups is 2. The predicted octanol–water partition coefficient (Wildman–Crippen LogP) is -0.0532. The summed E-state index contributed by atoms with van der Waals surface area (Å²) in [7, 11) is 0. The van der Waals surface area contributed by atoms with Gasteiger partial charge in [-0.15, -0.1) is 0 Å². The average Bonchev–Trinajstić information content (AvgIpc) is 3.31. The molecule has 5 N–H and O–H groups in total. The van der Waals surface area contributed by atoms with Gasteiger partial charge in [-0.1, -0.05) is 36.4 Å². The number of ether oxygens (including phenoxy) is 4. The number of benzene rings is 1. The van der Waals surface area contributed by atoms with Gasteiger partial charge in [0.25, 0.3) is 0 Å². The van der Waals surface area contributed by atoms with E-state index in [-0.39, 0.29) is 12.2 Å². The van der Waals surface area contributed by atoms with Gasteiger partial charge in [0.2, 0.25) is 6.29 Å². The number of carbonyl (C=O) groups excluding carboxylic acids is 1. The minimum absolute atomic E-state index is 0.00945. The topological polar surface area (TPSA) is 172 Å². The highest BCUT2D eigenvalue weighted by Crippen LogP contribution is 2.44. The van der Waals surface area contributed by atoms with E-state index in [1.165, 1.54) is 6.08 Å². The molecule has 4 rings (SSSR count). The van der Waals surface area contributed by atoms with E-state index in [1.807, 2.05) is 30.3 Å². The van der Waals surface area contributed by atoms with E-state index in [0.29, 0.717) is 12.0 Å². The van der Waals surface area contributed by atoms with Crippen LogP contribution in [0.3, 0.4) is 0 Å². The molecule has 36 heavy (non-hydrogen) atoms. The van der Waals surface area contributed by atoms with E-state index in [2.05, 4.69) is 0 Å². The van der Waals surface area contributed by atoms with Crippen LogP contribution in [0.4, 0.5) is 0 Å². The lowest BCUT2D eigenvalue weighted by Crippen LogP contribution is -2.60. The lowest BCUT2D eigenvalue weighted by Gasteiger charge is -2.42. The van der Waals surface area contributed by atoms with Crippen molar-refractivity contribution >= 4 is 18.0 Å². The summed E-state index contributed by atoms with van der Waals surface area (Å²) in [6, 6.07) is 9.18. The number of allylic oxidation sites excluding steroid dienone is 1. The minimum Gasteiger partial charge on any atom is -0.478 e.